The number of ether oxygens (including phenoxy) is 1. The Morgan fingerprint density at radius 3 is 0.809 bits per heavy atom. The van der Waals surface area contributed by atoms with E-state index in [0.29, 0.717) is 19.4 Å². The highest BCUT2D eigenvalue weighted by Gasteiger charge is 2.18. The van der Waals surface area contributed by atoms with Crippen LogP contribution in [0.2, 0.25) is 0 Å². The van der Waals surface area contributed by atoms with Gasteiger partial charge in [-0.3, -0.25) is 9.59 Å². The largest absolute Gasteiger partial charge is 0.466 e. The predicted octanol–water partition coefficient (Wildman–Crippen LogP) is 28.9. The van der Waals surface area contributed by atoms with Crippen molar-refractivity contribution in [2.75, 3.05) is 13.2 Å². The standard InChI is InChI=1S/C88H169NO5/c1-3-5-7-9-11-13-15-17-19-21-23-24-25-35-38-41-45-48-52-56-60-64-68-72-76-80-86(91)85(84-90)89-87(92)81-77-73-69-65-61-57-53-49-46-42-39-36-33-31-29-27-26-28-30-32-34-37-40-43-47-51-55-59-63-67-71-75-79-83-94-88(93)82-78-74-70-66-62-58-54-50-44-22-20-18-16-14-12-10-8-6-4-2/h30,32,37,40,76,80,85-86,90-91H,3-29,31,33-36,38-39,41-75,77-79,81-84H2,1-2H3,(H,89,92)/b32-30-,40-37-,80-76+. The van der Waals surface area contributed by atoms with Gasteiger partial charge in [0.1, 0.15) is 0 Å². The molecule has 0 aliphatic carbocycles. The van der Waals surface area contributed by atoms with E-state index >= 15 is 0 Å². The molecule has 6 nitrogen and oxygen atoms in total. The first-order valence-corrected chi connectivity index (χ1v) is 43.3. The molecule has 0 aromatic heterocycles. The quantitative estimate of drug-likeness (QED) is 0.0320. The summed E-state index contributed by atoms with van der Waals surface area (Å²) >= 11 is 0. The Morgan fingerprint density at radius 1 is 0.298 bits per heavy atom. The molecule has 0 rings (SSSR count). The second kappa shape index (κ2) is 83.5. The third-order valence-corrected chi connectivity index (χ3v) is 20.4. The number of carbonyl (C=O) groups excluding carboxylic acids is 2. The Kier molecular flexibility index (Phi) is 81.8. The van der Waals surface area contributed by atoms with Crippen molar-refractivity contribution in [1.29, 1.82) is 0 Å². The second-order valence-electron chi connectivity index (χ2n) is 29.9. The summed E-state index contributed by atoms with van der Waals surface area (Å²) in [5, 5.41) is 23.3. The second-order valence-corrected chi connectivity index (χ2v) is 29.9. The van der Waals surface area contributed by atoms with Crippen molar-refractivity contribution in [1.82, 2.24) is 5.32 Å². The Labute approximate surface area is 589 Å². The SMILES string of the molecule is CCCCCCCCCCCCCCCCCCCCCCCCC/C=C/C(O)C(CO)NC(=O)CCCCCCCCCCCCCCCCCCC/C=C\C/C=C\CCCCCCCCCCCOC(=O)CCCCCCCCCCCCCCCCCCCCC. The topological polar surface area (TPSA) is 95.9 Å². The number of amides is 1. The molecule has 0 spiro atoms. The highest BCUT2D eigenvalue weighted by molar-refractivity contribution is 5.76. The monoisotopic (exact) mass is 1320 g/mol. The summed E-state index contributed by atoms with van der Waals surface area (Å²) in [6, 6.07) is -0.629. The number of nitrogens with one attached hydrogen (secondary N) is 1. The van der Waals surface area contributed by atoms with Gasteiger partial charge in [0.15, 0.2) is 0 Å². The van der Waals surface area contributed by atoms with Crippen molar-refractivity contribution in [3.63, 3.8) is 0 Å². The van der Waals surface area contributed by atoms with Crippen LogP contribution in [0.5, 0.6) is 0 Å². The minimum absolute atomic E-state index is 0.0198. The van der Waals surface area contributed by atoms with Crippen molar-refractivity contribution in [3.05, 3.63) is 36.5 Å². The minimum atomic E-state index is -0.845. The predicted molar refractivity (Wildman–Crippen MR) is 416 cm³/mol. The first-order chi connectivity index (χ1) is 46.5. The molecule has 3 N–H and O–H groups in total. The van der Waals surface area contributed by atoms with Crippen LogP contribution >= 0.6 is 0 Å². The van der Waals surface area contributed by atoms with E-state index in [-0.39, 0.29) is 18.5 Å². The normalized spacial score (nSPS) is 12.6. The molecule has 0 saturated heterocycles. The molecule has 1 amide bonds. The van der Waals surface area contributed by atoms with Crippen LogP contribution < -0.4 is 5.32 Å². The fourth-order valence-electron chi connectivity index (χ4n) is 13.8. The summed E-state index contributed by atoms with van der Waals surface area (Å²) in [7, 11) is 0. The molecule has 2 atom stereocenters. The number of hydrogen-bond donors (Lipinski definition) is 3. The zero-order valence-corrected chi connectivity index (χ0v) is 64.0. The van der Waals surface area contributed by atoms with Crippen molar-refractivity contribution in [2.45, 2.75) is 501 Å². The lowest BCUT2D eigenvalue weighted by Gasteiger charge is -2.20. The van der Waals surface area contributed by atoms with Gasteiger partial charge >= 0.3 is 5.97 Å². The zero-order valence-electron chi connectivity index (χ0n) is 64.0. The van der Waals surface area contributed by atoms with Crippen LogP contribution in [0.4, 0.5) is 0 Å². The highest BCUT2D eigenvalue weighted by atomic mass is 16.5. The number of unbranched alkanes of at least 4 members (excludes halogenated alkanes) is 67. The Bertz CT molecular complexity index is 1520. The van der Waals surface area contributed by atoms with Crippen molar-refractivity contribution >= 4 is 11.9 Å². The molecule has 0 fully saturated rings. The average Bonchev–Trinajstić information content (AvgIpc) is 3.66. The molecule has 0 aromatic rings. The van der Waals surface area contributed by atoms with Gasteiger partial charge in [-0.2, -0.15) is 0 Å². The van der Waals surface area contributed by atoms with E-state index in [4.69, 9.17) is 4.74 Å². The number of esters is 1. The van der Waals surface area contributed by atoms with Gasteiger partial charge in [-0.1, -0.05) is 448 Å². The number of aliphatic hydroxyl groups is 2. The Morgan fingerprint density at radius 2 is 0.532 bits per heavy atom. The maximum atomic E-state index is 12.6. The molecule has 0 aliphatic heterocycles. The van der Waals surface area contributed by atoms with E-state index in [1.54, 1.807) is 6.08 Å². The van der Waals surface area contributed by atoms with Crippen molar-refractivity contribution in [2.24, 2.45) is 0 Å². The van der Waals surface area contributed by atoms with Crippen LogP contribution in [0.25, 0.3) is 0 Å². The van der Waals surface area contributed by atoms with Gasteiger partial charge in [0.2, 0.25) is 5.91 Å². The van der Waals surface area contributed by atoms with Gasteiger partial charge < -0.3 is 20.3 Å². The van der Waals surface area contributed by atoms with E-state index in [2.05, 4.69) is 43.5 Å². The van der Waals surface area contributed by atoms with Crippen LogP contribution in [0, 0.1) is 0 Å². The Hall–Kier alpha value is -1.92. The van der Waals surface area contributed by atoms with Gasteiger partial charge in [0.25, 0.3) is 0 Å². The molecule has 0 heterocycles. The first-order valence-electron chi connectivity index (χ1n) is 43.3. The van der Waals surface area contributed by atoms with Gasteiger partial charge in [-0.25, -0.2) is 0 Å². The van der Waals surface area contributed by atoms with Gasteiger partial charge in [0, 0.05) is 12.8 Å². The molecule has 94 heavy (non-hydrogen) atoms. The summed E-state index contributed by atoms with van der Waals surface area (Å²) in [6.45, 7) is 4.97. The van der Waals surface area contributed by atoms with Crippen LogP contribution in [0.3, 0.4) is 0 Å². The first kappa shape index (κ1) is 92.1. The van der Waals surface area contributed by atoms with Crippen LogP contribution in [0.1, 0.15) is 489 Å². The molecule has 6 heteroatoms. The smallest absolute Gasteiger partial charge is 0.305 e. The molecule has 2 unspecified atom stereocenters. The zero-order chi connectivity index (χ0) is 67.7. The minimum Gasteiger partial charge on any atom is -0.466 e. The highest BCUT2D eigenvalue weighted by Crippen LogP contribution is 2.21. The van der Waals surface area contributed by atoms with Crippen molar-refractivity contribution in [3.8, 4) is 0 Å². The van der Waals surface area contributed by atoms with E-state index in [1.165, 1.54) is 417 Å². The maximum absolute atomic E-state index is 12.6. The number of carbonyl (C=O) groups is 2. The fourth-order valence-corrected chi connectivity index (χ4v) is 13.8. The summed E-state index contributed by atoms with van der Waals surface area (Å²) in [5.41, 5.74) is 0. The summed E-state index contributed by atoms with van der Waals surface area (Å²) in [6.07, 6.45) is 110. The summed E-state index contributed by atoms with van der Waals surface area (Å²) in [4.78, 5) is 24.7. The lowest BCUT2D eigenvalue weighted by atomic mass is 10.0. The molecule has 556 valence electrons. The molecule has 0 bridgehead atoms. The van der Waals surface area contributed by atoms with Gasteiger partial charge in [-0.15, -0.1) is 0 Å². The van der Waals surface area contributed by atoms with Crippen molar-refractivity contribution < 1.29 is 24.5 Å². The van der Waals surface area contributed by atoms with E-state index < -0.39 is 12.1 Å². The lowest BCUT2D eigenvalue weighted by molar-refractivity contribution is -0.143. The summed E-state index contributed by atoms with van der Waals surface area (Å²) in [5.74, 6) is -0.0407. The number of hydrogen-bond acceptors (Lipinski definition) is 5. The third kappa shape index (κ3) is 79.1. The Balaban J connectivity index is 3.39. The van der Waals surface area contributed by atoms with Crippen LogP contribution in [-0.2, 0) is 14.3 Å². The fraction of sp³-hybridized carbons (Fsp3) is 0.909. The molecule has 0 aromatic carbocycles. The average molecular weight is 1320 g/mol. The van der Waals surface area contributed by atoms with Gasteiger partial charge in [-0.05, 0) is 64.2 Å². The number of allylic oxidation sites excluding steroid dienone is 5. The molecule has 0 saturated carbocycles. The van der Waals surface area contributed by atoms with E-state index in [0.717, 1.165) is 44.9 Å². The maximum Gasteiger partial charge on any atom is 0.305 e. The number of rotatable bonds is 82. The molecule has 0 radical (unpaired) electrons. The van der Waals surface area contributed by atoms with Crippen LogP contribution in [0.15, 0.2) is 36.5 Å². The van der Waals surface area contributed by atoms with Crippen LogP contribution in [-0.4, -0.2) is 47.4 Å². The third-order valence-electron chi connectivity index (χ3n) is 20.4. The molecule has 0 aliphatic rings. The molecular formula is C88H169NO5. The van der Waals surface area contributed by atoms with Gasteiger partial charge in [0.05, 0.1) is 25.4 Å². The lowest BCUT2D eigenvalue weighted by Crippen LogP contribution is -2.45. The summed E-state index contributed by atoms with van der Waals surface area (Å²) < 4.78 is 5.52. The number of aliphatic hydroxyl groups excluding tert-OH is 2. The molecular weight excluding hydrogens is 1150 g/mol. The van der Waals surface area contributed by atoms with E-state index in [9.17, 15) is 19.8 Å². The van der Waals surface area contributed by atoms with E-state index in [1.807, 2.05) is 6.08 Å².